The second-order valence-corrected chi connectivity index (χ2v) is 6.01. The highest BCUT2D eigenvalue weighted by Crippen LogP contribution is 2.41. The van der Waals surface area contributed by atoms with Crippen molar-refractivity contribution in [3.05, 3.63) is 59.7 Å². The van der Waals surface area contributed by atoms with E-state index in [1.807, 2.05) is 18.2 Å². The summed E-state index contributed by atoms with van der Waals surface area (Å²) < 4.78 is 43.6. The van der Waals surface area contributed by atoms with Crippen LogP contribution in [0.25, 0.3) is 0 Å². The second-order valence-electron chi connectivity index (χ2n) is 6.01. The predicted molar refractivity (Wildman–Crippen MR) is 86.3 cm³/mol. The first kappa shape index (κ1) is 18.3. The van der Waals surface area contributed by atoms with Crippen molar-refractivity contribution in [1.29, 1.82) is 5.26 Å². The van der Waals surface area contributed by atoms with Crippen molar-refractivity contribution >= 4 is 0 Å². The van der Waals surface area contributed by atoms with Crippen LogP contribution in [0.4, 0.5) is 13.2 Å². The highest BCUT2D eigenvalue weighted by Gasteiger charge is 2.34. The molecule has 2 nitrogen and oxygen atoms in total. The number of allylic oxidation sites excluding steroid dienone is 3. The molecule has 128 valence electrons. The summed E-state index contributed by atoms with van der Waals surface area (Å²) >= 11 is 0. The normalized spacial score (nSPS) is 25.2. The molecule has 0 aliphatic heterocycles. The van der Waals surface area contributed by atoms with Crippen LogP contribution in [-0.4, -0.2) is 12.7 Å². The molecule has 0 radical (unpaired) electrons. The van der Waals surface area contributed by atoms with Crippen molar-refractivity contribution in [2.75, 3.05) is 7.11 Å². The smallest absolute Gasteiger partial charge is 0.374 e. The topological polar surface area (TPSA) is 33.0 Å². The molecule has 0 unspecified atom stereocenters. The second kappa shape index (κ2) is 7.67. The minimum atomic E-state index is -4.29. The molecule has 0 N–H and O–H groups in total. The first-order valence-corrected chi connectivity index (χ1v) is 7.86. The molecule has 0 bridgehead atoms. The molecule has 1 fully saturated rings. The van der Waals surface area contributed by atoms with Crippen LogP contribution < -0.4 is 0 Å². The van der Waals surface area contributed by atoms with Gasteiger partial charge in [-0.05, 0) is 49.3 Å². The third kappa shape index (κ3) is 4.48. The molecule has 1 aliphatic carbocycles. The first-order valence-electron chi connectivity index (χ1n) is 7.86. The summed E-state index contributed by atoms with van der Waals surface area (Å²) in [7, 11) is 1.66. The van der Waals surface area contributed by atoms with E-state index in [1.54, 1.807) is 25.3 Å². The van der Waals surface area contributed by atoms with Gasteiger partial charge in [-0.3, -0.25) is 0 Å². The zero-order chi connectivity index (χ0) is 17.6. The van der Waals surface area contributed by atoms with E-state index < -0.39 is 11.7 Å². The standard InChI is InChI=1S/C19H20F3NO/c1-24-18(11-3-2-4-14-23)12-9-16(10-13-18)15-5-7-17(8-6-15)19(20,21)22/h2-8,11,16H,9-10,12-13H2,1H3/t16-,18+. The number of nitrogens with zero attached hydrogens (tertiary/aromatic N) is 1. The fourth-order valence-electron chi connectivity index (χ4n) is 3.15. The molecule has 1 aliphatic rings. The highest BCUT2D eigenvalue weighted by molar-refractivity contribution is 5.28. The summed E-state index contributed by atoms with van der Waals surface area (Å²) in [5.41, 5.74) is -0.0241. The van der Waals surface area contributed by atoms with Gasteiger partial charge in [-0.15, -0.1) is 0 Å². The quantitative estimate of drug-likeness (QED) is 0.546. The molecule has 2 rings (SSSR count). The SMILES string of the molecule is CO[C@]1(C=CC=CC#N)CC[C@H](c2ccc(C(F)(F)F)cc2)CC1. The van der Waals surface area contributed by atoms with Crippen LogP contribution >= 0.6 is 0 Å². The van der Waals surface area contributed by atoms with Gasteiger partial charge in [0.1, 0.15) is 0 Å². The number of hydrogen-bond acceptors (Lipinski definition) is 2. The Labute approximate surface area is 140 Å². The van der Waals surface area contributed by atoms with Gasteiger partial charge in [0.15, 0.2) is 0 Å². The van der Waals surface area contributed by atoms with Crippen molar-refractivity contribution in [2.24, 2.45) is 0 Å². The molecule has 1 aromatic rings. The fraction of sp³-hybridized carbons (Fsp3) is 0.421. The lowest BCUT2D eigenvalue weighted by molar-refractivity contribution is -0.137. The molecule has 0 atom stereocenters. The zero-order valence-corrected chi connectivity index (χ0v) is 13.5. The molecular formula is C19H20F3NO. The number of hydrogen-bond donors (Lipinski definition) is 0. The summed E-state index contributed by atoms with van der Waals surface area (Å²) in [5, 5.41) is 8.48. The average molecular weight is 335 g/mol. The van der Waals surface area contributed by atoms with E-state index in [-0.39, 0.29) is 11.5 Å². The Bertz CT molecular complexity index is 630. The molecule has 0 aromatic heterocycles. The number of halogens is 3. The molecule has 1 aromatic carbocycles. The highest BCUT2D eigenvalue weighted by atomic mass is 19.4. The van der Waals surface area contributed by atoms with Gasteiger partial charge in [-0.2, -0.15) is 18.4 Å². The Morgan fingerprint density at radius 3 is 2.29 bits per heavy atom. The van der Waals surface area contributed by atoms with Crippen molar-refractivity contribution in [3.8, 4) is 6.07 Å². The Balaban J connectivity index is 2.02. The molecule has 0 amide bonds. The number of rotatable bonds is 4. The van der Waals surface area contributed by atoms with Crippen LogP contribution in [0.3, 0.4) is 0 Å². The maximum atomic E-state index is 12.6. The number of nitriles is 1. The molecule has 0 heterocycles. The lowest BCUT2D eigenvalue weighted by Crippen LogP contribution is -2.33. The van der Waals surface area contributed by atoms with E-state index in [4.69, 9.17) is 10.00 Å². The maximum Gasteiger partial charge on any atom is 0.416 e. The van der Waals surface area contributed by atoms with Crippen LogP contribution in [0.15, 0.2) is 48.6 Å². The van der Waals surface area contributed by atoms with Gasteiger partial charge < -0.3 is 4.74 Å². The lowest BCUT2D eigenvalue weighted by atomic mass is 9.75. The minimum Gasteiger partial charge on any atom is -0.374 e. The third-order valence-corrected chi connectivity index (χ3v) is 4.63. The van der Waals surface area contributed by atoms with Crippen LogP contribution in [0, 0.1) is 11.3 Å². The van der Waals surface area contributed by atoms with Crippen LogP contribution in [0.5, 0.6) is 0 Å². The number of alkyl halides is 3. The van der Waals surface area contributed by atoms with E-state index in [2.05, 4.69) is 0 Å². The van der Waals surface area contributed by atoms with E-state index in [9.17, 15) is 13.2 Å². The van der Waals surface area contributed by atoms with Crippen molar-refractivity contribution in [2.45, 2.75) is 43.4 Å². The Hall–Kier alpha value is -2.06. The molecule has 24 heavy (non-hydrogen) atoms. The minimum absolute atomic E-state index is 0.249. The van der Waals surface area contributed by atoms with E-state index in [0.717, 1.165) is 43.4 Å². The first-order chi connectivity index (χ1) is 11.4. The largest absolute Gasteiger partial charge is 0.416 e. The van der Waals surface area contributed by atoms with Crippen molar-refractivity contribution in [3.63, 3.8) is 0 Å². The average Bonchev–Trinajstić information content (AvgIpc) is 2.59. The fourth-order valence-corrected chi connectivity index (χ4v) is 3.15. The van der Waals surface area contributed by atoms with Crippen LogP contribution in [0.2, 0.25) is 0 Å². The van der Waals surface area contributed by atoms with Gasteiger partial charge in [0.2, 0.25) is 0 Å². The number of benzene rings is 1. The molecule has 0 spiro atoms. The third-order valence-electron chi connectivity index (χ3n) is 4.63. The Kier molecular flexibility index (Phi) is 5.84. The maximum absolute atomic E-state index is 12.6. The van der Waals surface area contributed by atoms with E-state index >= 15 is 0 Å². The Morgan fingerprint density at radius 2 is 1.79 bits per heavy atom. The summed E-state index contributed by atoms with van der Waals surface area (Å²) in [6.45, 7) is 0. The summed E-state index contributed by atoms with van der Waals surface area (Å²) in [6, 6.07) is 7.40. The Morgan fingerprint density at radius 1 is 1.17 bits per heavy atom. The van der Waals surface area contributed by atoms with Gasteiger partial charge in [0.05, 0.1) is 17.2 Å². The van der Waals surface area contributed by atoms with E-state index in [1.165, 1.54) is 6.08 Å². The molecule has 1 saturated carbocycles. The summed E-state index contributed by atoms with van der Waals surface area (Å²) in [5.74, 6) is 0.249. The van der Waals surface area contributed by atoms with Crippen LogP contribution in [0.1, 0.15) is 42.7 Å². The number of methoxy groups -OCH3 is 1. The van der Waals surface area contributed by atoms with Crippen molar-refractivity contribution < 1.29 is 17.9 Å². The lowest BCUT2D eigenvalue weighted by Gasteiger charge is -2.37. The zero-order valence-electron chi connectivity index (χ0n) is 13.5. The van der Waals surface area contributed by atoms with Gasteiger partial charge in [-0.25, -0.2) is 0 Å². The van der Waals surface area contributed by atoms with Gasteiger partial charge >= 0.3 is 6.18 Å². The van der Waals surface area contributed by atoms with E-state index in [0.29, 0.717) is 0 Å². The van der Waals surface area contributed by atoms with Crippen LogP contribution in [-0.2, 0) is 10.9 Å². The summed E-state index contributed by atoms with van der Waals surface area (Å²) in [6.07, 6.45) is 5.85. The van der Waals surface area contributed by atoms with Crippen molar-refractivity contribution in [1.82, 2.24) is 0 Å². The number of ether oxygens (including phenoxy) is 1. The van der Waals surface area contributed by atoms with Gasteiger partial charge in [-0.1, -0.05) is 30.4 Å². The van der Waals surface area contributed by atoms with Gasteiger partial charge in [0.25, 0.3) is 0 Å². The molecule has 0 saturated heterocycles. The monoisotopic (exact) mass is 335 g/mol. The predicted octanol–water partition coefficient (Wildman–Crippen LogP) is 5.38. The van der Waals surface area contributed by atoms with Gasteiger partial charge in [0, 0.05) is 13.2 Å². The molecular weight excluding hydrogens is 315 g/mol. The summed E-state index contributed by atoms with van der Waals surface area (Å²) in [4.78, 5) is 0. The molecule has 5 heteroatoms.